The topological polar surface area (TPSA) is 46.5 Å². The Hall–Kier alpha value is -1.21. The summed E-state index contributed by atoms with van der Waals surface area (Å²) in [5, 5.41) is 13.5. The lowest BCUT2D eigenvalue weighted by Crippen LogP contribution is -2.67. The third kappa shape index (κ3) is 8.39. The summed E-state index contributed by atoms with van der Waals surface area (Å²) in [7, 11) is 1.26. The van der Waals surface area contributed by atoms with Gasteiger partial charge in [-0.25, -0.2) is 0 Å². The molecule has 3 atom stereocenters. The molecule has 0 saturated carbocycles. The summed E-state index contributed by atoms with van der Waals surface area (Å²) < 4.78 is 7.26. The Morgan fingerprint density at radius 2 is 1.61 bits per heavy atom. The van der Waals surface area contributed by atoms with E-state index in [1.165, 1.54) is 35.4 Å². The second kappa shape index (κ2) is 15.5. The quantitative estimate of drug-likeness (QED) is 0.125. The molecule has 0 amide bonds. The van der Waals surface area contributed by atoms with Gasteiger partial charge in [0.25, 0.3) is 8.32 Å². The maximum absolute atomic E-state index is 12.7. The number of carboxylic acids is 1. The molecule has 0 spiro atoms. The van der Waals surface area contributed by atoms with Crippen LogP contribution in [0.1, 0.15) is 85.5 Å². The van der Waals surface area contributed by atoms with Crippen molar-refractivity contribution < 1.29 is 14.3 Å². The van der Waals surface area contributed by atoms with Crippen LogP contribution in [0, 0.1) is 11.8 Å². The first kappa shape index (κ1) is 31.3. The summed E-state index contributed by atoms with van der Waals surface area (Å²) >= 11 is 0. The summed E-state index contributed by atoms with van der Waals surface area (Å²) in [6.45, 7) is 9.61. The number of aliphatic carboxylic acids is 1. The van der Waals surface area contributed by atoms with Crippen LogP contribution in [0.25, 0.3) is 0 Å². The van der Waals surface area contributed by atoms with Crippen LogP contribution in [0.4, 0.5) is 0 Å². The van der Waals surface area contributed by atoms with Crippen molar-refractivity contribution in [2.75, 3.05) is 12.4 Å². The number of carbonyl (C=O) groups is 1. The third-order valence-electron chi connectivity index (χ3n) is 8.01. The Balaban J connectivity index is 1.89. The van der Waals surface area contributed by atoms with E-state index in [9.17, 15) is 9.90 Å². The first-order valence-corrected chi connectivity index (χ1v) is 18.8. The maximum atomic E-state index is 12.7. The molecule has 1 heterocycles. The van der Waals surface area contributed by atoms with Gasteiger partial charge in [-0.15, -0.1) is 0 Å². The zero-order valence-corrected chi connectivity index (χ0v) is 26.5. The number of hydrogen-bond donors (Lipinski definition) is 1. The molecule has 0 aromatic heterocycles. The molecule has 210 valence electrons. The molecule has 0 aliphatic carbocycles. The summed E-state index contributed by atoms with van der Waals surface area (Å²) in [5.41, 5.74) is 0. The molecule has 1 fully saturated rings. The Morgan fingerprint density at radius 1 is 0.974 bits per heavy atom. The lowest BCUT2D eigenvalue weighted by Gasteiger charge is -2.44. The predicted molar refractivity (Wildman–Crippen MR) is 169 cm³/mol. The van der Waals surface area contributed by atoms with Crippen molar-refractivity contribution in [1.29, 1.82) is 0 Å². The monoisotopic (exact) mass is 572 g/mol. The highest BCUT2D eigenvalue weighted by molar-refractivity contribution is 8.77. The van der Waals surface area contributed by atoms with E-state index >= 15 is 0 Å². The smallest absolute Gasteiger partial charge is 0.306 e. The molecular weight excluding hydrogens is 525 g/mol. The maximum Gasteiger partial charge on any atom is 0.306 e. The second-order valence-corrected chi connectivity index (χ2v) is 18.9. The van der Waals surface area contributed by atoms with Crippen LogP contribution in [-0.2, 0) is 9.22 Å². The highest BCUT2D eigenvalue weighted by atomic mass is 33.1. The average molecular weight is 573 g/mol. The minimum absolute atomic E-state index is 0.0246. The molecule has 1 aliphatic heterocycles. The first-order valence-electron chi connectivity index (χ1n) is 14.6. The molecule has 3 nitrogen and oxygen atoms in total. The van der Waals surface area contributed by atoms with Crippen LogP contribution in [-0.4, -0.2) is 37.0 Å². The van der Waals surface area contributed by atoms with Gasteiger partial charge in [0.15, 0.2) is 0 Å². The van der Waals surface area contributed by atoms with Gasteiger partial charge in [-0.2, -0.15) is 0 Å². The Bertz CT molecular complexity index is 903. The number of unbranched alkanes of at least 4 members (excludes halogenated alkanes) is 3. The van der Waals surface area contributed by atoms with E-state index in [-0.39, 0.29) is 16.9 Å². The lowest BCUT2D eigenvalue weighted by atomic mass is 9.84. The Labute approximate surface area is 240 Å². The number of rotatable bonds is 16. The van der Waals surface area contributed by atoms with E-state index in [1.807, 2.05) is 21.6 Å². The number of benzene rings is 2. The van der Waals surface area contributed by atoms with Crippen molar-refractivity contribution in [3.05, 3.63) is 60.7 Å². The van der Waals surface area contributed by atoms with Crippen LogP contribution >= 0.6 is 21.6 Å². The fourth-order valence-corrected chi connectivity index (χ4v) is 13.6. The standard InChI is InChI=1S/C32H48O3S2Si/c1-5-6-7-10-16-26(30(31(33)34)22-15-17-27-23-24-36-37-27)25-35-38(32(2,3)4,28-18-11-8-12-19-28)29-20-13-9-14-21-29/h8-9,11-14,18-21,26-27,30H,5-7,10,15-17,22-25H2,1-4H3,(H,33,34). The summed E-state index contributed by atoms with van der Waals surface area (Å²) in [6, 6.07) is 21.4. The first-order chi connectivity index (χ1) is 18.3. The van der Waals surface area contributed by atoms with Gasteiger partial charge in [0.05, 0.1) is 5.92 Å². The van der Waals surface area contributed by atoms with Crippen LogP contribution in [0.2, 0.25) is 5.04 Å². The van der Waals surface area contributed by atoms with Gasteiger partial charge in [-0.1, -0.05) is 142 Å². The van der Waals surface area contributed by atoms with E-state index < -0.39 is 14.3 Å². The summed E-state index contributed by atoms with van der Waals surface area (Å²) in [6.07, 6.45) is 9.65. The summed E-state index contributed by atoms with van der Waals surface area (Å²) in [5.74, 6) is 0.250. The molecular formula is C32H48O3S2Si. The average Bonchev–Trinajstić information content (AvgIpc) is 3.42. The number of carboxylic acid groups (broad SMARTS) is 1. The van der Waals surface area contributed by atoms with Crippen LogP contribution in [0.3, 0.4) is 0 Å². The predicted octanol–water partition coefficient (Wildman–Crippen LogP) is 8.17. The molecule has 0 radical (unpaired) electrons. The Kier molecular flexibility index (Phi) is 12.8. The molecule has 1 N–H and O–H groups in total. The van der Waals surface area contributed by atoms with Crippen molar-refractivity contribution in [3.8, 4) is 0 Å². The van der Waals surface area contributed by atoms with Gasteiger partial charge < -0.3 is 9.53 Å². The van der Waals surface area contributed by atoms with E-state index in [0.29, 0.717) is 11.9 Å². The van der Waals surface area contributed by atoms with Gasteiger partial charge >= 0.3 is 5.97 Å². The zero-order valence-electron chi connectivity index (χ0n) is 23.9. The van der Waals surface area contributed by atoms with Crippen LogP contribution in [0.15, 0.2) is 60.7 Å². The van der Waals surface area contributed by atoms with Crippen molar-refractivity contribution in [3.63, 3.8) is 0 Å². The molecule has 3 rings (SSSR count). The molecule has 2 aromatic rings. The van der Waals surface area contributed by atoms with Crippen molar-refractivity contribution in [1.82, 2.24) is 0 Å². The molecule has 1 saturated heterocycles. The zero-order chi connectivity index (χ0) is 27.4. The van der Waals surface area contributed by atoms with E-state index in [2.05, 4.69) is 88.4 Å². The highest BCUT2D eigenvalue weighted by Crippen LogP contribution is 2.41. The molecule has 6 heteroatoms. The second-order valence-electron chi connectivity index (χ2n) is 11.8. The van der Waals surface area contributed by atoms with Crippen molar-refractivity contribution >= 4 is 46.2 Å². The van der Waals surface area contributed by atoms with Gasteiger partial charge in [0.1, 0.15) is 0 Å². The molecule has 3 unspecified atom stereocenters. The molecule has 38 heavy (non-hydrogen) atoms. The van der Waals surface area contributed by atoms with E-state index in [4.69, 9.17) is 4.43 Å². The third-order valence-corrected chi connectivity index (χ3v) is 16.0. The van der Waals surface area contributed by atoms with Crippen molar-refractivity contribution in [2.45, 2.75) is 95.8 Å². The molecule has 2 aromatic carbocycles. The van der Waals surface area contributed by atoms with Crippen molar-refractivity contribution in [2.24, 2.45) is 11.8 Å². The van der Waals surface area contributed by atoms with E-state index in [1.54, 1.807) is 0 Å². The van der Waals surface area contributed by atoms with Gasteiger partial charge in [0.2, 0.25) is 0 Å². The number of hydrogen-bond acceptors (Lipinski definition) is 4. The van der Waals surface area contributed by atoms with E-state index in [0.717, 1.165) is 38.5 Å². The SMILES string of the molecule is CCCCCCC(CO[Si](c1ccccc1)(c1ccccc1)C(C)(C)C)C(CCCC1CCSS1)C(=O)O. The Morgan fingerprint density at radius 3 is 2.11 bits per heavy atom. The lowest BCUT2D eigenvalue weighted by molar-refractivity contribution is -0.144. The minimum Gasteiger partial charge on any atom is -0.481 e. The molecule has 0 bridgehead atoms. The minimum atomic E-state index is -2.70. The normalized spacial score (nSPS) is 17.8. The summed E-state index contributed by atoms with van der Waals surface area (Å²) in [4.78, 5) is 12.7. The van der Waals surface area contributed by atoms with Gasteiger partial charge in [0, 0.05) is 17.6 Å². The largest absolute Gasteiger partial charge is 0.481 e. The highest BCUT2D eigenvalue weighted by Gasteiger charge is 2.50. The van der Waals surface area contributed by atoms with Gasteiger partial charge in [-0.05, 0) is 47.0 Å². The molecule has 1 aliphatic rings. The van der Waals surface area contributed by atoms with Gasteiger partial charge in [-0.3, -0.25) is 4.79 Å². The fraction of sp³-hybridized carbons (Fsp3) is 0.594. The van der Waals surface area contributed by atoms with Crippen LogP contribution < -0.4 is 10.4 Å². The fourth-order valence-electron chi connectivity index (χ4n) is 5.92. The van der Waals surface area contributed by atoms with Crippen LogP contribution in [0.5, 0.6) is 0 Å².